The topological polar surface area (TPSA) is 55.0 Å². The molecule has 14 heavy (non-hydrogen) atoms. The minimum atomic E-state index is -0.405. The highest BCUT2D eigenvalue weighted by molar-refractivity contribution is 5.32. The van der Waals surface area contributed by atoms with E-state index in [9.17, 15) is 4.39 Å². The summed E-state index contributed by atoms with van der Waals surface area (Å²) in [5.74, 6) is 0.177. The van der Waals surface area contributed by atoms with Gasteiger partial charge in [0.25, 0.3) is 0 Å². The summed E-state index contributed by atoms with van der Waals surface area (Å²) in [5, 5.41) is 0. The van der Waals surface area contributed by atoms with Crippen molar-refractivity contribution in [1.29, 1.82) is 0 Å². The molecule has 1 aliphatic heterocycles. The first-order chi connectivity index (χ1) is 6.81. The SMILES string of the molecule is NCC1CCCN1c1ncc(F)cn1. The van der Waals surface area contributed by atoms with Crippen LogP contribution in [0.25, 0.3) is 0 Å². The van der Waals surface area contributed by atoms with E-state index in [4.69, 9.17) is 5.73 Å². The lowest BCUT2D eigenvalue weighted by atomic mass is 10.2. The molecule has 76 valence electrons. The summed E-state index contributed by atoms with van der Waals surface area (Å²) in [6.45, 7) is 1.51. The lowest BCUT2D eigenvalue weighted by molar-refractivity contribution is 0.607. The van der Waals surface area contributed by atoms with Gasteiger partial charge in [-0.2, -0.15) is 0 Å². The van der Waals surface area contributed by atoms with Crippen molar-refractivity contribution in [1.82, 2.24) is 9.97 Å². The van der Waals surface area contributed by atoms with Gasteiger partial charge in [0, 0.05) is 19.1 Å². The molecule has 0 amide bonds. The smallest absolute Gasteiger partial charge is 0.225 e. The maximum absolute atomic E-state index is 12.6. The van der Waals surface area contributed by atoms with E-state index in [-0.39, 0.29) is 0 Å². The third-order valence-corrected chi connectivity index (χ3v) is 2.51. The van der Waals surface area contributed by atoms with Crippen LogP contribution < -0.4 is 10.6 Å². The van der Waals surface area contributed by atoms with Crippen LogP contribution in [-0.4, -0.2) is 29.1 Å². The van der Waals surface area contributed by atoms with Crippen molar-refractivity contribution in [3.8, 4) is 0 Å². The molecule has 0 aliphatic carbocycles. The molecule has 0 bridgehead atoms. The van der Waals surface area contributed by atoms with Gasteiger partial charge >= 0.3 is 0 Å². The van der Waals surface area contributed by atoms with Crippen LogP contribution in [0.3, 0.4) is 0 Å². The van der Waals surface area contributed by atoms with Crippen molar-refractivity contribution in [2.45, 2.75) is 18.9 Å². The molecule has 2 N–H and O–H groups in total. The number of nitrogens with two attached hydrogens (primary N) is 1. The molecule has 1 aromatic rings. The zero-order valence-corrected chi connectivity index (χ0v) is 7.86. The number of nitrogens with zero attached hydrogens (tertiary/aromatic N) is 3. The minimum Gasteiger partial charge on any atom is -0.337 e. The van der Waals surface area contributed by atoms with Crippen LogP contribution in [0.1, 0.15) is 12.8 Å². The van der Waals surface area contributed by atoms with Crippen molar-refractivity contribution >= 4 is 5.95 Å². The normalized spacial score (nSPS) is 21.6. The summed E-state index contributed by atoms with van der Waals surface area (Å²) in [4.78, 5) is 9.93. The van der Waals surface area contributed by atoms with Crippen molar-refractivity contribution in [3.63, 3.8) is 0 Å². The van der Waals surface area contributed by atoms with Crippen LogP contribution >= 0.6 is 0 Å². The second-order valence-corrected chi connectivity index (χ2v) is 3.43. The van der Waals surface area contributed by atoms with Crippen LogP contribution in [0, 0.1) is 5.82 Å². The van der Waals surface area contributed by atoms with E-state index >= 15 is 0 Å². The monoisotopic (exact) mass is 196 g/mol. The van der Waals surface area contributed by atoms with Crippen LogP contribution in [-0.2, 0) is 0 Å². The highest BCUT2D eigenvalue weighted by Crippen LogP contribution is 2.20. The maximum atomic E-state index is 12.6. The second-order valence-electron chi connectivity index (χ2n) is 3.43. The summed E-state index contributed by atoms with van der Waals surface area (Å²) in [7, 11) is 0. The number of rotatable bonds is 2. The van der Waals surface area contributed by atoms with Gasteiger partial charge in [0.1, 0.15) is 0 Å². The Balaban J connectivity index is 2.17. The molecule has 0 radical (unpaired) electrons. The molecular weight excluding hydrogens is 183 g/mol. The van der Waals surface area contributed by atoms with Crippen LogP contribution in [0.2, 0.25) is 0 Å². The predicted molar refractivity (Wildman–Crippen MR) is 51.4 cm³/mol. The first kappa shape index (κ1) is 9.33. The van der Waals surface area contributed by atoms with E-state index in [2.05, 4.69) is 9.97 Å². The van der Waals surface area contributed by atoms with Crippen molar-refractivity contribution < 1.29 is 4.39 Å². The number of halogens is 1. The van der Waals surface area contributed by atoms with Gasteiger partial charge in [-0.05, 0) is 12.8 Å². The second kappa shape index (κ2) is 3.88. The zero-order chi connectivity index (χ0) is 9.97. The molecule has 1 atom stereocenters. The van der Waals surface area contributed by atoms with Gasteiger partial charge in [0.15, 0.2) is 5.82 Å². The fraction of sp³-hybridized carbons (Fsp3) is 0.556. The lowest BCUT2D eigenvalue weighted by Gasteiger charge is -2.22. The molecule has 1 unspecified atom stereocenters. The minimum absolute atomic E-state index is 0.306. The molecule has 2 heterocycles. The number of hydrogen-bond acceptors (Lipinski definition) is 4. The van der Waals surface area contributed by atoms with Crippen LogP contribution in [0.15, 0.2) is 12.4 Å². The molecule has 1 saturated heterocycles. The summed E-state index contributed by atoms with van der Waals surface area (Å²) in [6.07, 6.45) is 4.54. The summed E-state index contributed by atoms with van der Waals surface area (Å²) in [5.41, 5.74) is 5.62. The fourth-order valence-corrected chi connectivity index (χ4v) is 1.80. The van der Waals surface area contributed by atoms with Gasteiger partial charge in [-0.15, -0.1) is 0 Å². The third-order valence-electron chi connectivity index (χ3n) is 2.51. The molecule has 1 aromatic heterocycles. The van der Waals surface area contributed by atoms with Gasteiger partial charge in [0.05, 0.1) is 12.4 Å². The summed E-state index contributed by atoms with van der Waals surface area (Å²) in [6, 6.07) is 0.306. The Hall–Kier alpha value is -1.23. The highest BCUT2D eigenvalue weighted by atomic mass is 19.1. The van der Waals surface area contributed by atoms with Gasteiger partial charge in [-0.3, -0.25) is 0 Å². The van der Waals surface area contributed by atoms with Gasteiger partial charge in [-0.25, -0.2) is 14.4 Å². The molecule has 5 heteroatoms. The lowest BCUT2D eigenvalue weighted by Crippen LogP contribution is -2.36. The Morgan fingerprint density at radius 2 is 2.21 bits per heavy atom. The molecule has 0 aromatic carbocycles. The Morgan fingerprint density at radius 1 is 1.50 bits per heavy atom. The Morgan fingerprint density at radius 3 is 2.86 bits per heavy atom. The van der Waals surface area contributed by atoms with Gasteiger partial charge in [-0.1, -0.05) is 0 Å². The zero-order valence-electron chi connectivity index (χ0n) is 7.86. The highest BCUT2D eigenvalue weighted by Gasteiger charge is 2.24. The van der Waals surface area contributed by atoms with Crippen molar-refractivity contribution in [2.24, 2.45) is 5.73 Å². The van der Waals surface area contributed by atoms with E-state index in [0.29, 0.717) is 18.5 Å². The third kappa shape index (κ3) is 1.68. The van der Waals surface area contributed by atoms with E-state index < -0.39 is 5.82 Å². The van der Waals surface area contributed by atoms with Gasteiger partial charge < -0.3 is 10.6 Å². The number of anilines is 1. The van der Waals surface area contributed by atoms with Crippen molar-refractivity contribution in [2.75, 3.05) is 18.0 Å². The Bertz CT molecular complexity index is 300. The standard InChI is InChI=1S/C9H13FN4/c10-7-5-12-9(13-6-7)14-3-1-2-8(14)4-11/h5-6,8H,1-4,11H2. The molecule has 4 nitrogen and oxygen atoms in total. The van der Waals surface area contributed by atoms with E-state index in [0.717, 1.165) is 19.4 Å². The quantitative estimate of drug-likeness (QED) is 0.750. The maximum Gasteiger partial charge on any atom is 0.225 e. The summed E-state index contributed by atoms with van der Waals surface area (Å²) < 4.78 is 12.6. The number of hydrogen-bond donors (Lipinski definition) is 1. The molecule has 1 aliphatic rings. The van der Waals surface area contributed by atoms with E-state index in [1.54, 1.807) is 0 Å². The molecule has 1 fully saturated rings. The molecule has 0 saturated carbocycles. The average Bonchev–Trinajstić information content (AvgIpc) is 2.67. The molecular formula is C9H13FN4. The average molecular weight is 196 g/mol. The molecule has 0 spiro atoms. The van der Waals surface area contributed by atoms with E-state index in [1.807, 2.05) is 4.90 Å². The first-order valence-electron chi connectivity index (χ1n) is 4.75. The Kier molecular flexibility index (Phi) is 2.58. The Labute approximate surface area is 82.0 Å². The van der Waals surface area contributed by atoms with Crippen LogP contribution in [0.4, 0.5) is 10.3 Å². The van der Waals surface area contributed by atoms with Gasteiger partial charge in [0.2, 0.25) is 5.95 Å². The number of aromatic nitrogens is 2. The first-order valence-corrected chi connectivity index (χ1v) is 4.75. The predicted octanol–water partition coefficient (Wildman–Crippen LogP) is 0.543. The fourth-order valence-electron chi connectivity index (χ4n) is 1.80. The summed E-state index contributed by atoms with van der Waals surface area (Å²) >= 11 is 0. The van der Waals surface area contributed by atoms with E-state index in [1.165, 1.54) is 12.4 Å². The molecule has 2 rings (SSSR count). The van der Waals surface area contributed by atoms with Crippen LogP contribution in [0.5, 0.6) is 0 Å². The van der Waals surface area contributed by atoms with Crippen molar-refractivity contribution in [3.05, 3.63) is 18.2 Å². The largest absolute Gasteiger partial charge is 0.337 e.